The number of anilines is 1. The molecule has 1 aromatic heterocycles. The monoisotopic (exact) mass is 262 g/mol. The van der Waals surface area contributed by atoms with Crippen molar-refractivity contribution in [1.29, 1.82) is 0 Å². The van der Waals surface area contributed by atoms with Crippen molar-refractivity contribution in [1.82, 2.24) is 15.3 Å². The number of carbonyl (C=O) groups excluding carboxylic acids is 1. The van der Waals surface area contributed by atoms with Crippen LogP contribution in [0.15, 0.2) is 6.07 Å². The SMILES string of the molecule is Cc1nc(NCCC(C)C)cc(C(=O)NC2CC2)n1. The second-order valence-corrected chi connectivity index (χ2v) is 5.54. The van der Waals surface area contributed by atoms with Gasteiger partial charge in [0.15, 0.2) is 0 Å². The third-order valence-electron chi connectivity index (χ3n) is 3.01. The van der Waals surface area contributed by atoms with E-state index in [1.54, 1.807) is 6.07 Å². The highest BCUT2D eigenvalue weighted by molar-refractivity contribution is 5.93. The summed E-state index contributed by atoms with van der Waals surface area (Å²) in [6.45, 7) is 7.03. The van der Waals surface area contributed by atoms with Crippen LogP contribution in [-0.2, 0) is 0 Å². The fraction of sp³-hybridized carbons (Fsp3) is 0.643. The zero-order valence-corrected chi connectivity index (χ0v) is 11.9. The lowest BCUT2D eigenvalue weighted by atomic mass is 10.1. The Labute approximate surface area is 114 Å². The topological polar surface area (TPSA) is 66.9 Å². The van der Waals surface area contributed by atoms with Gasteiger partial charge in [0.1, 0.15) is 17.3 Å². The summed E-state index contributed by atoms with van der Waals surface area (Å²) < 4.78 is 0. The minimum Gasteiger partial charge on any atom is -0.370 e. The lowest BCUT2D eigenvalue weighted by Crippen LogP contribution is -2.26. The summed E-state index contributed by atoms with van der Waals surface area (Å²) in [5.41, 5.74) is 0.450. The first-order valence-corrected chi connectivity index (χ1v) is 6.95. The normalized spacial score (nSPS) is 14.5. The molecule has 1 saturated carbocycles. The van der Waals surface area contributed by atoms with Crippen LogP contribution in [0.25, 0.3) is 0 Å². The Morgan fingerprint density at radius 2 is 2.16 bits per heavy atom. The Balaban J connectivity index is 1.99. The summed E-state index contributed by atoms with van der Waals surface area (Å²) in [6.07, 6.45) is 3.23. The molecule has 0 aliphatic heterocycles. The molecule has 1 aliphatic rings. The number of rotatable bonds is 6. The molecule has 0 radical (unpaired) electrons. The van der Waals surface area contributed by atoms with E-state index < -0.39 is 0 Å². The molecule has 0 spiro atoms. The molecular formula is C14H22N4O. The first kappa shape index (κ1) is 13.8. The fourth-order valence-corrected chi connectivity index (χ4v) is 1.75. The molecule has 0 bridgehead atoms. The number of aryl methyl sites for hydroxylation is 1. The number of hydrogen-bond donors (Lipinski definition) is 2. The number of hydrogen-bond acceptors (Lipinski definition) is 4. The zero-order valence-electron chi connectivity index (χ0n) is 11.9. The molecule has 104 valence electrons. The van der Waals surface area contributed by atoms with E-state index in [4.69, 9.17) is 0 Å². The minimum absolute atomic E-state index is 0.0973. The van der Waals surface area contributed by atoms with Crippen LogP contribution in [0.1, 0.15) is 49.4 Å². The molecule has 1 amide bonds. The van der Waals surface area contributed by atoms with Gasteiger partial charge < -0.3 is 10.6 Å². The molecule has 0 aromatic carbocycles. The van der Waals surface area contributed by atoms with E-state index in [0.717, 1.165) is 31.6 Å². The average molecular weight is 262 g/mol. The van der Waals surface area contributed by atoms with Crippen molar-refractivity contribution in [2.75, 3.05) is 11.9 Å². The number of nitrogens with one attached hydrogen (secondary N) is 2. The van der Waals surface area contributed by atoms with Crippen molar-refractivity contribution >= 4 is 11.7 Å². The fourth-order valence-electron chi connectivity index (χ4n) is 1.75. The van der Waals surface area contributed by atoms with Gasteiger partial charge in [0.2, 0.25) is 0 Å². The molecule has 2 rings (SSSR count). The summed E-state index contributed by atoms with van der Waals surface area (Å²) in [7, 11) is 0. The maximum absolute atomic E-state index is 12.0. The van der Waals surface area contributed by atoms with Crippen molar-refractivity contribution < 1.29 is 4.79 Å². The van der Waals surface area contributed by atoms with Crippen molar-refractivity contribution in [2.45, 2.75) is 46.1 Å². The number of aromatic nitrogens is 2. The molecule has 0 unspecified atom stereocenters. The van der Waals surface area contributed by atoms with Crippen LogP contribution < -0.4 is 10.6 Å². The molecule has 0 saturated heterocycles. The Bertz CT molecular complexity index is 455. The third kappa shape index (κ3) is 4.50. The van der Waals surface area contributed by atoms with Gasteiger partial charge in [-0.25, -0.2) is 9.97 Å². The highest BCUT2D eigenvalue weighted by atomic mass is 16.2. The van der Waals surface area contributed by atoms with Crippen molar-refractivity contribution in [3.8, 4) is 0 Å². The lowest BCUT2D eigenvalue weighted by Gasteiger charge is -2.10. The van der Waals surface area contributed by atoms with E-state index in [-0.39, 0.29) is 5.91 Å². The van der Waals surface area contributed by atoms with Gasteiger partial charge in [-0.05, 0) is 32.1 Å². The van der Waals surface area contributed by atoms with Gasteiger partial charge >= 0.3 is 0 Å². The lowest BCUT2D eigenvalue weighted by molar-refractivity contribution is 0.0945. The summed E-state index contributed by atoms with van der Waals surface area (Å²) in [4.78, 5) is 20.5. The number of amides is 1. The van der Waals surface area contributed by atoms with Gasteiger partial charge in [0, 0.05) is 18.7 Å². The average Bonchev–Trinajstić information content (AvgIpc) is 3.11. The molecule has 1 fully saturated rings. The van der Waals surface area contributed by atoms with E-state index in [2.05, 4.69) is 34.4 Å². The molecule has 5 heteroatoms. The molecule has 2 N–H and O–H groups in total. The number of nitrogens with zero attached hydrogens (tertiary/aromatic N) is 2. The van der Waals surface area contributed by atoms with Gasteiger partial charge in [-0.2, -0.15) is 0 Å². The predicted octanol–water partition coefficient (Wildman–Crippen LogP) is 2.14. The highest BCUT2D eigenvalue weighted by Crippen LogP contribution is 2.19. The van der Waals surface area contributed by atoms with Gasteiger partial charge in [-0.1, -0.05) is 13.8 Å². The largest absolute Gasteiger partial charge is 0.370 e. The molecule has 1 heterocycles. The first-order valence-electron chi connectivity index (χ1n) is 6.95. The summed E-state index contributed by atoms with van der Waals surface area (Å²) in [6, 6.07) is 2.07. The standard InChI is InChI=1S/C14H22N4O/c1-9(2)6-7-15-13-8-12(16-10(3)17-13)14(19)18-11-4-5-11/h8-9,11H,4-7H2,1-3H3,(H,18,19)(H,15,16,17). The van der Waals surface area contributed by atoms with Crippen molar-refractivity contribution in [3.05, 3.63) is 17.6 Å². The van der Waals surface area contributed by atoms with E-state index in [9.17, 15) is 4.79 Å². The maximum atomic E-state index is 12.0. The van der Waals surface area contributed by atoms with Crippen LogP contribution in [0.4, 0.5) is 5.82 Å². The van der Waals surface area contributed by atoms with Crippen LogP contribution in [0.5, 0.6) is 0 Å². The van der Waals surface area contributed by atoms with Crippen molar-refractivity contribution in [3.63, 3.8) is 0 Å². The summed E-state index contributed by atoms with van der Waals surface area (Å²) in [5.74, 6) is 1.90. The number of carbonyl (C=O) groups is 1. The smallest absolute Gasteiger partial charge is 0.270 e. The molecule has 0 atom stereocenters. The zero-order chi connectivity index (χ0) is 13.8. The van der Waals surface area contributed by atoms with Crippen LogP contribution >= 0.6 is 0 Å². The Hall–Kier alpha value is -1.65. The van der Waals surface area contributed by atoms with Gasteiger partial charge in [-0.3, -0.25) is 4.79 Å². The Morgan fingerprint density at radius 1 is 1.42 bits per heavy atom. The first-order chi connectivity index (χ1) is 9.04. The molecule has 1 aromatic rings. The molecule has 19 heavy (non-hydrogen) atoms. The van der Waals surface area contributed by atoms with E-state index in [1.807, 2.05) is 6.92 Å². The van der Waals surface area contributed by atoms with E-state index in [0.29, 0.717) is 23.5 Å². The molecular weight excluding hydrogens is 240 g/mol. The van der Waals surface area contributed by atoms with Crippen molar-refractivity contribution in [2.24, 2.45) is 5.92 Å². The van der Waals surface area contributed by atoms with Crippen LogP contribution in [0.3, 0.4) is 0 Å². The second-order valence-electron chi connectivity index (χ2n) is 5.54. The second kappa shape index (κ2) is 5.99. The van der Waals surface area contributed by atoms with Gasteiger partial charge in [0.05, 0.1) is 0 Å². The summed E-state index contributed by atoms with van der Waals surface area (Å²) >= 11 is 0. The van der Waals surface area contributed by atoms with Gasteiger partial charge in [0.25, 0.3) is 5.91 Å². The van der Waals surface area contributed by atoms with Crippen LogP contribution in [0, 0.1) is 12.8 Å². The van der Waals surface area contributed by atoms with Gasteiger partial charge in [-0.15, -0.1) is 0 Å². The van der Waals surface area contributed by atoms with Crippen LogP contribution in [-0.4, -0.2) is 28.5 Å². The predicted molar refractivity (Wildman–Crippen MR) is 75.2 cm³/mol. The Morgan fingerprint density at radius 3 is 2.79 bits per heavy atom. The third-order valence-corrected chi connectivity index (χ3v) is 3.01. The summed E-state index contributed by atoms with van der Waals surface area (Å²) in [5, 5.41) is 6.19. The van der Waals surface area contributed by atoms with E-state index >= 15 is 0 Å². The molecule has 1 aliphatic carbocycles. The quantitative estimate of drug-likeness (QED) is 0.824. The highest BCUT2D eigenvalue weighted by Gasteiger charge is 2.24. The van der Waals surface area contributed by atoms with Crippen LogP contribution in [0.2, 0.25) is 0 Å². The maximum Gasteiger partial charge on any atom is 0.270 e. The Kier molecular flexibility index (Phi) is 4.35. The van der Waals surface area contributed by atoms with E-state index in [1.165, 1.54) is 0 Å². The molecule has 5 nitrogen and oxygen atoms in total. The minimum atomic E-state index is -0.0973.